The third kappa shape index (κ3) is 3.68. The molecule has 0 spiro atoms. The van der Waals surface area contributed by atoms with Gasteiger partial charge in [-0.25, -0.2) is 4.68 Å². The number of ketones is 1. The van der Waals surface area contributed by atoms with Crippen LogP contribution in [0.3, 0.4) is 0 Å². The number of aromatic nitrogens is 3. The second kappa shape index (κ2) is 8.39. The number of Topliss-reactive ketones (excluding diaryl/α,β-unsaturated/α-hetero) is 1. The van der Waals surface area contributed by atoms with Crippen LogP contribution in [0.2, 0.25) is 0 Å². The Morgan fingerprint density at radius 3 is 3.04 bits per heavy atom. The first-order valence-electron chi connectivity index (χ1n) is 10.1. The fraction of sp³-hybridized carbons (Fsp3) is 0.476. The van der Waals surface area contributed by atoms with E-state index in [0.29, 0.717) is 13.0 Å². The summed E-state index contributed by atoms with van der Waals surface area (Å²) in [7, 11) is 0. The molecule has 6 nitrogen and oxygen atoms in total. The van der Waals surface area contributed by atoms with Crippen LogP contribution in [0.25, 0.3) is 0 Å². The number of anilines is 1. The molecule has 2 heterocycles. The predicted molar refractivity (Wildman–Crippen MR) is 111 cm³/mol. The van der Waals surface area contributed by atoms with E-state index in [4.69, 9.17) is 14.8 Å². The summed E-state index contributed by atoms with van der Waals surface area (Å²) in [6.07, 6.45) is 4.62. The summed E-state index contributed by atoms with van der Waals surface area (Å²) in [4.78, 5) is 17.6. The van der Waals surface area contributed by atoms with Gasteiger partial charge >= 0.3 is 0 Å². The lowest BCUT2D eigenvalue weighted by Crippen LogP contribution is -2.31. The van der Waals surface area contributed by atoms with Gasteiger partial charge in [-0.05, 0) is 43.9 Å². The highest BCUT2D eigenvalue weighted by molar-refractivity contribution is 7.99. The molecule has 148 valence electrons. The molecule has 0 fully saturated rings. The Kier molecular flexibility index (Phi) is 5.71. The number of allylic oxidation sites excluding steroid dienone is 2. The van der Waals surface area contributed by atoms with Gasteiger partial charge in [0.25, 0.3) is 0 Å². The van der Waals surface area contributed by atoms with Crippen molar-refractivity contribution in [1.82, 2.24) is 14.8 Å². The van der Waals surface area contributed by atoms with Crippen molar-refractivity contribution >= 4 is 23.5 Å². The van der Waals surface area contributed by atoms with Crippen molar-refractivity contribution in [3.8, 4) is 5.75 Å². The Balaban J connectivity index is 1.76. The molecule has 28 heavy (non-hydrogen) atoms. The van der Waals surface area contributed by atoms with Gasteiger partial charge in [-0.3, -0.25) is 4.79 Å². The molecule has 2 aliphatic rings. The van der Waals surface area contributed by atoms with Gasteiger partial charge in [0.2, 0.25) is 11.1 Å². The molecule has 0 radical (unpaired) electrons. The van der Waals surface area contributed by atoms with Gasteiger partial charge in [-0.1, -0.05) is 37.2 Å². The Hall–Kier alpha value is -2.28. The van der Waals surface area contributed by atoms with Crippen LogP contribution in [0, 0.1) is 0 Å². The minimum atomic E-state index is -0.257. The van der Waals surface area contributed by atoms with E-state index in [1.54, 1.807) is 11.8 Å². The molecule has 0 amide bonds. The first-order valence-corrected chi connectivity index (χ1v) is 11.0. The van der Waals surface area contributed by atoms with Crippen LogP contribution >= 0.6 is 11.8 Å². The van der Waals surface area contributed by atoms with Gasteiger partial charge in [-0.15, -0.1) is 5.10 Å². The average Bonchev–Trinajstić information content (AvgIpc) is 3.09. The zero-order valence-corrected chi connectivity index (χ0v) is 17.2. The maximum atomic E-state index is 12.9. The summed E-state index contributed by atoms with van der Waals surface area (Å²) >= 11 is 1.67. The second-order valence-electron chi connectivity index (χ2n) is 7.07. The van der Waals surface area contributed by atoms with Gasteiger partial charge < -0.3 is 10.1 Å². The molecule has 1 unspecified atom stereocenters. The zero-order chi connectivity index (χ0) is 19.5. The van der Waals surface area contributed by atoms with Gasteiger partial charge in [0.1, 0.15) is 11.8 Å². The molecule has 1 atom stereocenters. The molecule has 2 aromatic rings. The van der Waals surface area contributed by atoms with E-state index < -0.39 is 0 Å². The molecule has 1 aliphatic heterocycles. The van der Waals surface area contributed by atoms with Gasteiger partial charge in [0.05, 0.1) is 6.61 Å². The first-order chi connectivity index (χ1) is 13.7. The molecule has 1 aromatic heterocycles. The molecule has 1 aliphatic carbocycles. The van der Waals surface area contributed by atoms with E-state index in [1.165, 1.54) is 0 Å². The number of carbonyl (C=O) groups excluding carboxylic acids is 1. The fourth-order valence-corrected chi connectivity index (χ4v) is 4.67. The summed E-state index contributed by atoms with van der Waals surface area (Å²) in [5, 5.41) is 8.90. The third-order valence-corrected chi connectivity index (χ3v) is 5.99. The smallest absolute Gasteiger partial charge is 0.227 e. The topological polar surface area (TPSA) is 69.0 Å². The lowest BCUT2D eigenvalue weighted by Gasteiger charge is -2.32. The number of nitrogens with one attached hydrogen (secondary N) is 1. The minimum Gasteiger partial charge on any atom is -0.494 e. The van der Waals surface area contributed by atoms with E-state index in [-0.39, 0.29) is 11.8 Å². The number of carbonyl (C=O) groups is 1. The highest BCUT2D eigenvalue weighted by atomic mass is 32.2. The van der Waals surface area contributed by atoms with Crippen molar-refractivity contribution in [3.63, 3.8) is 0 Å². The number of ether oxygens (including phenoxy) is 1. The van der Waals surface area contributed by atoms with Gasteiger partial charge in [-0.2, -0.15) is 4.98 Å². The average molecular weight is 399 g/mol. The van der Waals surface area contributed by atoms with Crippen molar-refractivity contribution in [2.75, 3.05) is 17.7 Å². The minimum absolute atomic E-state index is 0.196. The number of benzene rings is 1. The number of hydrogen-bond acceptors (Lipinski definition) is 6. The van der Waals surface area contributed by atoms with Crippen LogP contribution < -0.4 is 10.1 Å². The SMILES string of the molecule is CCCCSc1nc2n(n1)C(c1cccc(OCC)c1)C1=C(CCCC1=O)N2. The first kappa shape index (κ1) is 19.1. The molecule has 0 saturated carbocycles. The van der Waals surface area contributed by atoms with E-state index in [0.717, 1.165) is 65.1 Å². The van der Waals surface area contributed by atoms with Crippen LogP contribution in [-0.2, 0) is 4.79 Å². The lowest BCUT2D eigenvalue weighted by atomic mass is 9.85. The Labute approximate surface area is 169 Å². The lowest BCUT2D eigenvalue weighted by molar-refractivity contribution is -0.116. The summed E-state index contributed by atoms with van der Waals surface area (Å²) in [5.74, 6) is 2.72. The molecule has 0 bridgehead atoms. The predicted octanol–water partition coefficient (Wildman–Crippen LogP) is 4.59. The second-order valence-corrected chi connectivity index (χ2v) is 8.13. The van der Waals surface area contributed by atoms with Crippen LogP contribution in [0.4, 0.5) is 5.95 Å². The molecular formula is C21H26N4O2S. The van der Waals surface area contributed by atoms with Crippen LogP contribution in [0.15, 0.2) is 40.7 Å². The van der Waals surface area contributed by atoms with Gasteiger partial charge in [0, 0.05) is 23.4 Å². The Bertz CT molecular complexity index is 906. The van der Waals surface area contributed by atoms with E-state index >= 15 is 0 Å². The highest BCUT2D eigenvalue weighted by Crippen LogP contribution is 2.41. The van der Waals surface area contributed by atoms with Crippen LogP contribution in [0.1, 0.15) is 57.6 Å². The molecule has 7 heteroatoms. The number of unbranched alkanes of at least 4 members (excludes halogenated alkanes) is 1. The van der Waals surface area contributed by atoms with Crippen molar-refractivity contribution < 1.29 is 9.53 Å². The van der Waals surface area contributed by atoms with Crippen LogP contribution in [0.5, 0.6) is 5.75 Å². The largest absolute Gasteiger partial charge is 0.494 e. The van der Waals surface area contributed by atoms with Crippen molar-refractivity contribution in [2.45, 2.75) is 57.1 Å². The normalized spacial score (nSPS) is 18.5. The van der Waals surface area contributed by atoms with E-state index in [2.05, 4.69) is 12.2 Å². The van der Waals surface area contributed by atoms with E-state index in [1.807, 2.05) is 35.9 Å². The number of thioether (sulfide) groups is 1. The number of nitrogens with zero attached hydrogens (tertiary/aromatic N) is 3. The molecular weight excluding hydrogens is 372 g/mol. The highest BCUT2D eigenvalue weighted by Gasteiger charge is 2.36. The quantitative estimate of drug-likeness (QED) is 0.543. The number of hydrogen-bond donors (Lipinski definition) is 1. The number of fused-ring (bicyclic) bond motifs is 1. The molecule has 1 N–H and O–H groups in total. The summed E-state index contributed by atoms with van der Waals surface area (Å²) in [6, 6.07) is 7.72. The van der Waals surface area contributed by atoms with Crippen molar-refractivity contribution in [1.29, 1.82) is 0 Å². The van der Waals surface area contributed by atoms with Gasteiger partial charge in [0.15, 0.2) is 5.78 Å². The van der Waals surface area contributed by atoms with Crippen molar-refractivity contribution in [2.24, 2.45) is 0 Å². The summed E-state index contributed by atoms with van der Waals surface area (Å²) in [5.41, 5.74) is 2.82. The van der Waals surface area contributed by atoms with E-state index in [9.17, 15) is 4.79 Å². The maximum absolute atomic E-state index is 12.9. The Morgan fingerprint density at radius 1 is 1.32 bits per heavy atom. The van der Waals surface area contributed by atoms with Crippen molar-refractivity contribution in [3.05, 3.63) is 41.1 Å². The summed E-state index contributed by atoms with van der Waals surface area (Å²) in [6.45, 7) is 4.76. The Morgan fingerprint density at radius 2 is 2.21 bits per heavy atom. The maximum Gasteiger partial charge on any atom is 0.227 e. The molecule has 1 aromatic carbocycles. The molecule has 0 saturated heterocycles. The third-order valence-electron chi connectivity index (χ3n) is 5.06. The molecule has 4 rings (SSSR count). The standard InChI is InChI=1S/C21H26N4O2S/c1-3-5-12-28-21-23-20-22-16-10-7-11-17(26)18(16)19(25(20)24-21)14-8-6-9-15(13-14)27-4-2/h6,8-9,13,19H,3-5,7,10-12H2,1-2H3,(H,22,23,24). The fourth-order valence-electron chi connectivity index (χ4n) is 3.75. The monoisotopic (exact) mass is 398 g/mol. The zero-order valence-electron chi connectivity index (χ0n) is 16.4. The number of rotatable bonds is 7. The van der Waals surface area contributed by atoms with Crippen LogP contribution in [-0.4, -0.2) is 32.9 Å². The summed E-state index contributed by atoms with van der Waals surface area (Å²) < 4.78 is 7.57.